The highest BCUT2D eigenvalue weighted by molar-refractivity contribution is 7.99. The lowest BCUT2D eigenvalue weighted by Crippen LogP contribution is -2.43. The fourth-order valence-electron chi connectivity index (χ4n) is 3.85. The van der Waals surface area contributed by atoms with Gasteiger partial charge in [0.05, 0.1) is 16.6 Å². The number of amides is 3. The lowest BCUT2D eigenvalue weighted by molar-refractivity contribution is -0.119. The van der Waals surface area contributed by atoms with Gasteiger partial charge in [0.25, 0.3) is 5.56 Å². The molecule has 0 spiro atoms. The van der Waals surface area contributed by atoms with Crippen LogP contribution in [-0.4, -0.2) is 33.3 Å². The van der Waals surface area contributed by atoms with Crippen molar-refractivity contribution in [3.63, 3.8) is 0 Å². The van der Waals surface area contributed by atoms with Gasteiger partial charge in [-0.05, 0) is 44.0 Å². The molecule has 2 N–H and O–H groups in total. The number of hydrogen-bond acceptors (Lipinski definition) is 5. The molecule has 3 aromatic rings. The first-order valence-electron chi connectivity index (χ1n) is 10.8. The summed E-state index contributed by atoms with van der Waals surface area (Å²) in [6.07, 6.45) is 4.27. The number of nitrogens with one attached hydrogen (secondary N) is 2. The summed E-state index contributed by atoms with van der Waals surface area (Å²) < 4.78 is 1.58. The molecule has 4 rings (SSSR count). The van der Waals surface area contributed by atoms with Crippen molar-refractivity contribution in [2.75, 3.05) is 5.75 Å². The van der Waals surface area contributed by atoms with E-state index in [2.05, 4.69) is 15.6 Å². The van der Waals surface area contributed by atoms with Crippen molar-refractivity contribution in [1.29, 1.82) is 0 Å². The molecule has 0 unspecified atom stereocenters. The van der Waals surface area contributed by atoms with Crippen molar-refractivity contribution in [1.82, 2.24) is 20.2 Å². The summed E-state index contributed by atoms with van der Waals surface area (Å²) in [6, 6.07) is 14.6. The number of fused-ring (bicyclic) bond motifs is 1. The van der Waals surface area contributed by atoms with E-state index in [1.165, 1.54) is 11.8 Å². The summed E-state index contributed by atoms with van der Waals surface area (Å²) in [6.45, 7) is 1.99. The Morgan fingerprint density at radius 3 is 2.56 bits per heavy atom. The topological polar surface area (TPSA) is 93.1 Å². The van der Waals surface area contributed by atoms with Crippen molar-refractivity contribution in [2.45, 2.75) is 50.2 Å². The Bertz CT molecular complexity index is 1180. The minimum atomic E-state index is -0.438. The average Bonchev–Trinajstić information content (AvgIpc) is 3.28. The van der Waals surface area contributed by atoms with E-state index in [1.54, 1.807) is 16.7 Å². The molecule has 1 aromatic heterocycles. The first kappa shape index (κ1) is 22.1. The molecule has 1 fully saturated rings. The highest BCUT2D eigenvalue weighted by atomic mass is 32.2. The number of carbonyl (C=O) groups excluding carboxylic acids is 2. The maximum Gasteiger partial charge on any atom is 0.321 e. The summed E-state index contributed by atoms with van der Waals surface area (Å²) in [5.74, 6) is 0.0390. The van der Waals surface area contributed by atoms with E-state index in [-0.39, 0.29) is 23.9 Å². The van der Waals surface area contributed by atoms with Gasteiger partial charge in [0.15, 0.2) is 5.16 Å². The molecule has 8 heteroatoms. The highest BCUT2D eigenvalue weighted by Gasteiger charge is 2.18. The number of aromatic nitrogens is 2. The van der Waals surface area contributed by atoms with Gasteiger partial charge in [-0.2, -0.15) is 0 Å². The predicted octanol–water partition coefficient (Wildman–Crippen LogP) is 3.94. The lowest BCUT2D eigenvalue weighted by Gasteiger charge is -2.14. The summed E-state index contributed by atoms with van der Waals surface area (Å²) in [4.78, 5) is 42.1. The molecule has 7 nitrogen and oxygen atoms in total. The van der Waals surface area contributed by atoms with E-state index in [0.29, 0.717) is 21.8 Å². The minimum absolute atomic E-state index is 0.138. The van der Waals surface area contributed by atoms with Crippen LogP contribution in [-0.2, 0) is 4.79 Å². The van der Waals surface area contributed by atoms with Gasteiger partial charge in [0, 0.05) is 18.2 Å². The fourth-order valence-corrected chi connectivity index (χ4v) is 4.80. The van der Waals surface area contributed by atoms with Crippen LogP contribution in [0.5, 0.6) is 0 Å². The van der Waals surface area contributed by atoms with E-state index in [0.717, 1.165) is 36.9 Å². The van der Waals surface area contributed by atoms with Gasteiger partial charge < -0.3 is 5.32 Å². The lowest BCUT2D eigenvalue weighted by atomic mass is 10.2. The Kier molecular flexibility index (Phi) is 6.90. The smallest absolute Gasteiger partial charge is 0.321 e. The van der Waals surface area contributed by atoms with Crippen LogP contribution in [0.3, 0.4) is 0 Å². The number of nitrogens with zero attached hydrogens (tertiary/aromatic N) is 2. The highest BCUT2D eigenvalue weighted by Crippen LogP contribution is 2.22. The number of hydrogen-bond donors (Lipinski definition) is 2. The third kappa shape index (κ3) is 5.19. The van der Waals surface area contributed by atoms with Crippen molar-refractivity contribution >= 4 is 34.6 Å². The first-order chi connectivity index (χ1) is 15.5. The fraction of sp³-hybridized carbons (Fsp3) is 0.333. The van der Waals surface area contributed by atoms with E-state index in [1.807, 2.05) is 43.3 Å². The number of aryl methyl sites for hydroxylation is 1. The predicted molar refractivity (Wildman–Crippen MR) is 126 cm³/mol. The second-order valence-corrected chi connectivity index (χ2v) is 9.05. The quantitative estimate of drug-likeness (QED) is 0.438. The molecule has 0 atom stereocenters. The first-order valence-corrected chi connectivity index (χ1v) is 11.8. The van der Waals surface area contributed by atoms with Crippen LogP contribution in [0.15, 0.2) is 58.5 Å². The maximum atomic E-state index is 13.2. The molecular weight excluding hydrogens is 424 g/mol. The molecule has 0 saturated heterocycles. The zero-order valence-electron chi connectivity index (χ0n) is 18.0. The molecule has 166 valence electrons. The molecule has 1 aliphatic carbocycles. The summed E-state index contributed by atoms with van der Waals surface area (Å²) in [7, 11) is 0. The SMILES string of the molecule is Cc1ccc(-n2c(SCCC(=O)NC(=O)NC3CCCC3)nc3ccccc3c2=O)cc1. The van der Waals surface area contributed by atoms with Crippen LogP contribution < -0.4 is 16.2 Å². The van der Waals surface area contributed by atoms with Crippen molar-refractivity contribution in [3.05, 3.63) is 64.4 Å². The largest absolute Gasteiger partial charge is 0.335 e. The van der Waals surface area contributed by atoms with Gasteiger partial charge in [0.2, 0.25) is 5.91 Å². The number of carbonyl (C=O) groups is 2. The van der Waals surface area contributed by atoms with Gasteiger partial charge in [0.1, 0.15) is 0 Å². The second kappa shape index (κ2) is 9.99. The average molecular weight is 451 g/mol. The normalized spacial score (nSPS) is 13.9. The Labute approximate surface area is 190 Å². The third-order valence-electron chi connectivity index (χ3n) is 5.54. The van der Waals surface area contributed by atoms with Crippen LogP contribution >= 0.6 is 11.8 Å². The number of thioether (sulfide) groups is 1. The summed E-state index contributed by atoms with van der Waals surface area (Å²) in [5.41, 5.74) is 2.28. The zero-order valence-corrected chi connectivity index (χ0v) is 18.8. The standard InChI is InChI=1S/C24H26N4O3S/c1-16-10-12-18(13-11-16)28-22(30)19-8-4-5-9-20(19)26-24(28)32-15-14-21(29)27-23(31)25-17-6-2-3-7-17/h4-5,8-13,17H,2-3,6-7,14-15H2,1H3,(H2,25,27,29,31). The Morgan fingerprint density at radius 2 is 1.81 bits per heavy atom. The van der Waals surface area contributed by atoms with E-state index < -0.39 is 6.03 Å². The summed E-state index contributed by atoms with van der Waals surface area (Å²) in [5, 5.41) is 6.30. The molecule has 1 aliphatic rings. The van der Waals surface area contributed by atoms with Gasteiger partial charge in [-0.1, -0.05) is 54.4 Å². The summed E-state index contributed by atoms with van der Waals surface area (Å²) >= 11 is 1.32. The zero-order chi connectivity index (χ0) is 22.5. The van der Waals surface area contributed by atoms with E-state index >= 15 is 0 Å². The molecule has 1 heterocycles. The van der Waals surface area contributed by atoms with Crippen LogP contribution in [0, 0.1) is 6.92 Å². The molecule has 32 heavy (non-hydrogen) atoms. The van der Waals surface area contributed by atoms with Crippen LogP contribution in [0.25, 0.3) is 16.6 Å². The van der Waals surface area contributed by atoms with Crippen molar-refractivity contribution in [3.8, 4) is 5.69 Å². The Hall–Kier alpha value is -3.13. The molecule has 0 bridgehead atoms. The van der Waals surface area contributed by atoms with Crippen LogP contribution in [0.4, 0.5) is 4.79 Å². The second-order valence-electron chi connectivity index (χ2n) is 7.99. The Morgan fingerprint density at radius 1 is 1.09 bits per heavy atom. The Balaban J connectivity index is 1.47. The van der Waals surface area contributed by atoms with Crippen LogP contribution in [0.2, 0.25) is 0 Å². The molecule has 0 radical (unpaired) electrons. The van der Waals surface area contributed by atoms with Gasteiger partial charge in [-0.25, -0.2) is 9.78 Å². The third-order valence-corrected chi connectivity index (χ3v) is 6.48. The molecular formula is C24H26N4O3S. The number of urea groups is 1. The van der Waals surface area contributed by atoms with Crippen molar-refractivity contribution < 1.29 is 9.59 Å². The molecule has 2 aromatic carbocycles. The van der Waals surface area contributed by atoms with E-state index in [4.69, 9.17) is 0 Å². The monoisotopic (exact) mass is 450 g/mol. The van der Waals surface area contributed by atoms with Crippen LogP contribution in [0.1, 0.15) is 37.7 Å². The molecule has 3 amide bonds. The number of rotatable bonds is 6. The number of imide groups is 1. The number of benzene rings is 2. The molecule has 1 saturated carbocycles. The van der Waals surface area contributed by atoms with Gasteiger partial charge in [-0.3, -0.25) is 19.5 Å². The van der Waals surface area contributed by atoms with Gasteiger partial charge in [-0.15, -0.1) is 0 Å². The maximum absolute atomic E-state index is 13.2. The van der Waals surface area contributed by atoms with Crippen molar-refractivity contribution in [2.24, 2.45) is 0 Å². The van der Waals surface area contributed by atoms with Gasteiger partial charge >= 0.3 is 6.03 Å². The number of para-hydroxylation sites is 1. The molecule has 0 aliphatic heterocycles. The van der Waals surface area contributed by atoms with E-state index in [9.17, 15) is 14.4 Å². The minimum Gasteiger partial charge on any atom is -0.335 e.